The fourth-order valence-electron chi connectivity index (χ4n) is 2.21. The van der Waals surface area contributed by atoms with Gasteiger partial charge in [-0.15, -0.1) is 0 Å². The van der Waals surface area contributed by atoms with Gasteiger partial charge in [-0.3, -0.25) is 0 Å². The smallest absolute Gasteiger partial charge is 0.375 e. The van der Waals surface area contributed by atoms with E-state index >= 15 is 0 Å². The average molecular weight is 355 g/mol. The molecule has 2 rings (SSSR count). The summed E-state index contributed by atoms with van der Waals surface area (Å²) in [4.78, 5) is 0. The van der Waals surface area contributed by atoms with E-state index in [9.17, 15) is 13.2 Å². The molecule has 0 spiro atoms. The van der Waals surface area contributed by atoms with Crippen LogP contribution in [0.1, 0.15) is 24.2 Å². The van der Waals surface area contributed by atoms with E-state index in [0.717, 1.165) is 17.7 Å². The Morgan fingerprint density at radius 3 is 2.08 bits per heavy atom. The van der Waals surface area contributed by atoms with E-state index in [0.29, 0.717) is 11.1 Å². The molecule has 1 atom stereocenters. The Kier molecular flexibility index (Phi) is 6.17. The first-order valence-corrected chi connectivity index (χ1v) is 8.47. The second-order valence-electron chi connectivity index (χ2n) is 5.12. The van der Waals surface area contributed by atoms with Gasteiger partial charge in [0.05, 0.1) is 11.7 Å². The third kappa shape index (κ3) is 4.67. The largest absolute Gasteiger partial charge is 0.577 e. The zero-order chi connectivity index (χ0) is 17.7. The lowest BCUT2D eigenvalue weighted by atomic mass is 10.0. The Morgan fingerprint density at radius 1 is 0.917 bits per heavy atom. The summed E-state index contributed by atoms with van der Waals surface area (Å²) in [6.45, 7) is 1.86. The SMILES string of the molecule is CO[Si](OC)OC(C)c1ccc(-c2cccc(C(F)(F)F)c2)cc1. The van der Waals surface area contributed by atoms with Gasteiger partial charge in [-0.2, -0.15) is 13.2 Å². The summed E-state index contributed by atoms with van der Waals surface area (Å²) in [7, 11) is 1.25. The lowest BCUT2D eigenvalue weighted by molar-refractivity contribution is -0.137. The van der Waals surface area contributed by atoms with Crippen LogP contribution in [0.4, 0.5) is 13.2 Å². The van der Waals surface area contributed by atoms with Gasteiger partial charge in [0.2, 0.25) is 0 Å². The van der Waals surface area contributed by atoms with Crippen molar-refractivity contribution < 1.29 is 26.4 Å². The number of benzene rings is 2. The molecule has 0 aliphatic heterocycles. The monoisotopic (exact) mass is 355 g/mol. The van der Waals surface area contributed by atoms with Crippen molar-refractivity contribution in [1.29, 1.82) is 0 Å². The van der Waals surface area contributed by atoms with Gasteiger partial charge in [0, 0.05) is 14.2 Å². The van der Waals surface area contributed by atoms with Crippen LogP contribution in [0.2, 0.25) is 0 Å². The van der Waals surface area contributed by atoms with E-state index in [1.54, 1.807) is 18.2 Å². The predicted molar refractivity (Wildman–Crippen MR) is 86.2 cm³/mol. The van der Waals surface area contributed by atoms with Gasteiger partial charge in [-0.25, -0.2) is 0 Å². The molecule has 0 amide bonds. The second kappa shape index (κ2) is 7.93. The highest BCUT2D eigenvalue weighted by molar-refractivity contribution is 6.36. The number of hydrogen-bond donors (Lipinski definition) is 0. The molecular formula is C17H18F3O3Si. The lowest BCUT2D eigenvalue weighted by Gasteiger charge is -2.17. The highest BCUT2D eigenvalue weighted by Crippen LogP contribution is 2.32. The number of hydrogen-bond acceptors (Lipinski definition) is 3. The molecule has 0 bridgehead atoms. The molecular weight excluding hydrogens is 337 g/mol. The number of halogens is 3. The summed E-state index contributed by atoms with van der Waals surface area (Å²) in [5.74, 6) is 0. The predicted octanol–water partition coefficient (Wildman–Crippen LogP) is 4.73. The maximum Gasteiger partial charge on any atom is 0.577 e. The Labute approximate surface area is 140 Å². The van der Waals surface area contributed by atoms with Crippen molar-refractivity contribution in [2.75, 3.05) is 14.2 Å². The van der Waals surface area contributed by atoms with Crippen LogP contribution >= 0.6 is 0 Å². The molecule has 7 heteroatoms. The first-order chi connectivity index (χ1) is 11.3. The maximum atomic E-state index is 12.8. The fourth-order valence-corrected chi connectivity index (χ4v) is 3.00. The molecule has 0 saturated heterocycles. The minimum Gasteiger partial charge on any atom is -0.375 e. The normalized spacial score (nSPS) is 13.3. The number of alkyl halides is 3. The van der Waals surface area contributed by atoms with Gasteiger partial charge in [-0.05, 0) is 35.7 Å². The quantitative estimate of drug-likeness (QED) is 0.701. The van der Waals surface area contributed by atoms with Gasteiger partial charge in [0.15, 0.2) is 0 Å². The van der Waals surface area contributed by atoms with E-state index < -0.39 is 21.3 Å². The van der Waals surface area contributed by atoms with Crippen LogP contribution < -0.4 is 0 Å². The van der Waals surface area contributed by atoms with Gasteiger partial charge in [0.1, 0.15) is 0 Å². The number of rotatable bonds is 6. The van der Waals surface area contributed by atoms with Crippen LogP contribution in [0, 0.1) is 0 Å². The third-order valence-corrected chi connectivity index (χ3v) is 4.72. The van der Waals surface area contributed by atoms with Crippen molar-refractivity contribution in [3.63, 3.8) is 0 Å². The molecule has 0 saturated carbocycles. The molecule has 129 valence electrons. The summed E-state index contributed by atoms with van der Waals surface area (Å²) in [5, 5.41) is 0. The second-order valence-corrected chi connectivity index (χ2v) is 6.67. The summed E-state index contributed by atoms with van der Waals surface area (Å²) < 4.78 is 54.2. The fraction of sp³-hybridized carbons (Fsp3) is 0.294. The topological polar surface area (TPSA) is 27.7 Å². The molecule has 0 aliphatic rings. The molecule has 1 unspecified atom stereocenters. The summed E-state index contributed by atoms with van der Waals surface area (Å²) in [5.41, 5.74) is 1.46. The first kappa shape index (κ1) is 18.7. The molecule has 0 aromatic heterocycles. The van der Waals surface area contributed by atoms with E-state index in [4.69, 9.17) is 13.3 Å². The van der Waals surface area contributed by atoms with Crippen molar-refractivity contribution in [3.8, 4) is 11.1 Å². The molecule has 1 radical (unpaired) electrons. The van der Waals surface area contributed by atoms with Crippen LogP contribution in [-0.2, 0) is 19.5 Å². The minimum atomic E-state index is -4.35. The molecule has 0 heterocycles. The van der Waals surface area contributed by atoms with E-state index in [1.807, 2.05) is 19.1 Å². The summed E-state index contributed by atoms with van der Waals surface area (Å²) in [6.07, 6.45) is -4.59. The zero-order valence-corrected chi connectivity index (χ0v) is 14.6. The van der Waals surface area contributed by atoms with Crippen molar-refractivity contribution in [1.82, 2.24) is 0 Å². The third-order valence-electron chi connectivity index (χ3n) is 3.51. The molecule has 3 nitrogen and oxygen atoms in total. The van der Waals surface area contributed by atoms with Crippen LogP contribution in [0.3, 0.4) is 0 Å². The van der Waals surface area contributed by atoms with Crippen LogP contribution in [0.25, 0.3) is 11.1 Å². The van der Waals surface area contributed by atoms with Crippen molar-refractivity contribution in [2.24, 2.45) is 0 Å². The minimum absolute atomic E-state index is 0.241. The standard InChI is InChI=1S/C17H18F3O3Si/c1-12(23-24(21-2)22-3)13-7-9-14(10-8-13)15-5-4-6-16(11-15)17(18,19)20/h4-12H,1-3H3. The maximum absolute atomic E-state index is 12.8. The highest BCUT2D eigenvalue weighted by atomic mass is 28.3. The van der Waals surface area contributed by atoms with Gasteiger partial charge in [0.25, 0.3) is 0 Å². The van der Waals surface area contributed by atoms with E-state index in [2.05, 4.69) is 0 Å². The van der Waals surface area contributed by atoms with Crippen LogP contribution in [0.15, 0.2) is 48.5 Å². The molecule has 0 N–H and O–H groups in total. The lowest BCUT2D eigenvalue weighted by Crippen LogP contribution is -2.25. The molecule has 2 aromatic carbocycles. The zero-order valence-electron chi connectivity index (χ0n) is 13.6. The Morgan fingerprint density at radius 2 is 1.54 bits per heavy atom. The van der Waals surface area contributed by atoms with Crippen molar-refractivity contribution in [2.45, 2.75) is 19.2 Å². The van der Waals surface area contributed by atoms with E-state index in [-0.39, 0.29) is 6.10 Å². The van der Waals surface area contributed by atoms with Crippen molar-refractivity contribution in [3.05, 3.63) is 59.7 Å². The van der Waals surface area contributed by atoms with E-state index in [1.165, 1.54) is 20.3 Å². The Balaban J connectivity index is 2.18. The molecule has 0 aliphatic carbocycles. The first-order valence-electron chi connectivity index (χ1n) is 7.24. The Hall–Kier alpha value is -1.67. The van der Waals surface area contributed by atoms with Gasteiger partial charge < -0.3 is 13.3 Å². The summed E-state index contributed by atoms with van der Waals surface area (Å²) >= 11 is 0. The van der Waals surface area contributed by atoms with Crippen molar-refractivity contribution >= 4 is 9.53 Å². The molecule has 24 heavy (non-hydrogen) atoms. The van der Waals surface area contributed by atoms with Gasteiger partial charge in [-0.1, -0.05) is 36.4 Å². The Bertz CT molecular complexity index is 655. The van der Waals surface area contributed by atoms with Crippen LogP contribution in [-0.4, -0.2) is 23.7 Å². The highest BCUT2D eigenvalue weighted by Gasteiger charge is 2.30. The molecule has 0 fully saturated rings. The average Bonchev–Trinajstić information content (AvgIpc) is 2.59. The van der Waals surface area contributed by atoms with Crippen LogP contribution in [0.5, 0.6) is 0 Å². The molecule has 2 aromatic rings. The van der Waals surface area contributed by atoms with Gasteiger partial charge >= 0.3 is 15.7 Å². The summed E-state index contributed by atoms with van der Waals surface area (Å²) in [6, 6.07) is 12.5.